The minimum atomic E-state index is -4.94. The van der Waals surface area contributed by atoms with Gasteiger partial charge in [-0.05, 0) is 37.7 Å². The van der Waals surface area contributed by atoms with Crippen molar-refractivity contribution >= 4 is 11.7 Å². The average molecular weight is 311 g/mol. The van der Waals surface area contributed by atoms with E-state index < -0.39 is 17.6 Å². The number of aryl methyl sites for hydroxylation is 1. The Labute approximate surface area is 126 Å². The van der Waals surface area contributed by atoms with E-state index in [0.717, 1.165) is 10.5 Å². The largest absolute Gasteiger partial charge is 0.471 e. The average Bonchev–Trinajstić information content (AvgIpc) is 2.50. The van der Waals surface area contributed by atoms with E-state index >= 15 is 0 Å². The fourth-order valence-electron chi connectivity index (χ4n) is 3.65. The summed E-state index contributed by atoms with van der Waals surface area (Å²) in [6.45, 7) is -0.00769. The lowest BCUT2D eigenvalue weighted by molar-refractivity contribution is -0.192. The maximum Gasteiger partial charge on any atom is 0.471 e. The third-order valence-electron chi connectivity index (χ3n) is 4.72. The first-order valence-corrected chi connectivity index (χ1v) is 7.38. The van der Waals surface area contributed by atoms with Crippen molar-refractivity contribution in [1.29, 1.82) is 0 Å². The molecule has 1 amide bonds. The van der Waals surface area contributed by atoms with Crippen molar-refractivity contribution in [2.75, 3.05) is 6.54 Å². The van der Waals surface area contributed by atoms with Gasteiger partial charge in [0.2, 0.25) is 0 Å². The molecule has 6 heteroatoms. The van der Waals surface area contributed by atoms with Crippen LogP contribution in [0.3, 0.4) is 0 Å². The quantitative estimate of drug-likeness (QED) is 0.738. The molecule has 0 radical (unpaired) electrons. The normalized spacial score (nSPS) is 25.2. The van der Waals surface area contributed by atoms with E-state index in [9.17, 15) is 22.8 Å². The molecular weight excluding hydrogens is 295 g/mol. The van der Waals surface area contributed by atoms with Gasteiger partial charge in [0.25, 0.3) is 0 Å². The Morgan fingerprint density at radius 2 is 1.86 bits per heavy atom. The number of halogens is 3. The number of alkyl halides is 3. The molecule has 1 heterocycles. The highest BCUT2D eigenvalue weighted by Crippen LogP contribution is 2.41. The minimum Gasteiger partial charge on any atom is -0.322 e. The zero-order valence-electron chi connectivity index (χ0n) is 11.9. The fraction of sp³-hybridized carbons (Fsp3) is 0.500. The zero-order chi connectivity index (χ0) is 16.0. The highest BCUT2D eigenvalue weighted by molar-refractivity contribution is 6.07. The van der Waals surface area contributed by atoms with E-state index in [2.05, 4.69) is 0 Å². The molecule has 1 aliphatic carbocycles. The molecule has 1 atom stereocenters. The Balaban J connectivity index is 2.03. The van der Waals surface area contributed by atoms with Crippen LogP contribution in [0.2, 0.25) is 0 Å². The second-order valence-corrected chi connectivity index (χ2v) is 5.93. The molecule has 1 aromatic rings. The number of piperidine rings is 1. The second-order valence-electron chi connectivity index (χ2n) is 5.93. The molecule has 2 aliphatic rings. The number of amides is 1. The Kier molecular flexibility index (Phi) is 3.50. The Morgan fingerprint density at radius 1 is 1.14 bits per heavy atom. The first-order chi connectivity index (χ1) is 10.4. The number of rotatable bonds is 0. The van der Waals surface area contributed by atoms with Gasteiger partial charge in [0, 0.05) is 12.1 Å². The highest BCUT2D eigenvalue weighted by Gasteiger charge is 2.55. The van der Waals surface area contributed by atoms with Gasteiger partial charge in [-0.1, -0.05) is 24.3 Å². The molecule has 1 fully saturated rings. The molecule has 118 valence electrons. The van der Waals surface area contributed by atoms with Gasteiger partial charge >= 0.3 is 12.1 Å². The van der Waals surface area contributed by atoms with Gasteiger partial charge in [-0.25, -0.2) is 0 Å². The number of fused-ring (bicyclic) bond motifs is 1. The lowest BCUT2D eigenvalue weighted by Gasteiger charge is -2.48. The number of ketones is 1. The maximum absolute atomic E-state index is 12.9. The van der Waals surface area contributed by atoms with E-state index in [1.165, 1.54) is 0 Å². The predicted molar refractivity (Wildman–Crippen MR) is 73.4 cm³/mol. The lowest BCUT2D eigenvalue weighted by Crippen LogP contribution is -2.63. The van der Waals surface area contributed by atoms with E-state index in [0.29, 0.717) is 31.2 Å². The molecule has 3 rings (SSSR count). The summed E-state index contributed by atoms with van der Waals surface area (Å²) >= 11 is 0. The molecule has 1 saturated heterocycles. The SMILES string of the molecule is O=C(N1CCCCC12CCc1ccccc1C2=O)C(F)(F)F. The van der Waals surface area contributed by atoms with Gasteiger partial charge in [0.05, 0.1) is 0 Å². The third-order valence-corrected chi connectivity index (χ3v) is 4.72. The zero-order valence-corrected chi connectivity index (χ0v) is 11.9. The second kappa shape index (κ2) is 5.11. The number of likely N-dealkylation sites (tertiary alicyclic amines) is 1. The summed E-state index contributed by atoms with van der Waals surface area (Å²) in [7, 11) is 0. The number of Topliss-reactive ketones (excluding diaryl/α,β-unsaturated/α-hetero) is 1. The number of hydrogen-bond acceptors (Lipinski definition) is 2. The van der Waals surface area contributed by atoms with Gasteiger partial charge in [-0.15, -0.1) is 0 Å². The van der Waals surface area contributed by atoms with Crippen molar-refractivity contribution in [2.45, 2.75) is 43.8 Å². The molecule has 1 unspecified atom stereocenters. The van der Waals surface area contributed by atoms with Crippen molar-refractivity contribution in [1.82, 2.24) is 4.90 Å². The van der Waals surface area contributed by atoms with E-state index in [1.807, 2.05) is 12.1 Å². The summed E-state index contributed by atoms with van der Waals surface area (Å²) in [6, 6.07) is 6.97. The maximum atomic E-state index is 12.9. The molecule has 22 heavy (non-hydrogen) atoms. The van der Waals surface area contributed by atoms with Crippen LogP contribution in [0, 0.1) is 0 Å². The van der Waals surface area contributed by atoms with Gasteiger partial charge in [-0.3, -0.25) is 9.59 Å². The first-order valence-electron chi connectivity index (χ1n) is 7.38. The minimum absolute atomic E-state index is 0.00769. The lowest BCUT2D eigenvalue weighted by atomic mass is 9.71. The molecule has 0 saturated carbocycles. The van der Waals surface area contributed by atoms with Crippen LogP contribution in [0.4, 0.5) is 13.2 Å². The molecule has 3 nitrogen and oxygen atoms in total. The molecule has 0 N–H and O–H groups in total. The van der Waals surface area contributed by atoms with Crippen molar-refractivity contribution in [3.8, 4) is 0 Å². The van der Waals surface area contributed by atoms with Gasteiger partial charge in [-0.2, -0.15) is 13.2 Å². The Hall–Kier alpha value is -1.85. The number of carbonyl (C=O) groups is 2. The van der Waals surface area contributed by atoms with Crippen molar-refractivity contribution in [3.05, 3.63) is 35.4 Å². The number of hydrogen-bond donors (Lipinski definition) is 0. The van der Waals surface area contributed by atoms with Crippen LogP contribution in [-0.2, 0) is 11.2 Å². The summed E-state index contributed by atoms with van der Waals surface area (Å²) < 4.78 is 38.7. The number of carbonyl (C=O) groups excluding carboxylic acids is 2. The monoisotopic (exact) mass is 311 g/mol. The van der Waals surface area contributed by atoms with Gasteiger partial charge in [0.1, 0.15) is 5.54 Å². The molecule has 1 aliphatic heterocycles. The van der Waals surface area contributed by atoms with Crippen LogP contribution in [0.5, 0.6) is 0 Å². The predicted octanol–water partition coefficient (Wildman–Crippen LogP) is 3.13. The highest BCUT2D eigenvalue weighted by atomic mass is 19.4. The third kappa shape index (κ3) is 2.21. The summed E-state index contributed by atoms with van der Waals surface area (Å²) in [5.74, 6) is -2.23. The van der Waals surface area contributed by atoms with Crippen molar-refractivity contribution < 1.29 is 22.8 Å². The summed E-state index contributed by atoms with van der Waals surface area (Å²) in [5.41, 5.74) is -0.0159. The molecule has 1 spiro atoms. The van der Waals surface area contributed by atoms with Crippen LogP contribution in [0.25, 0.3) is 0 Å². The topological polar surface area (TPSA) is 37.4 Å². The Morgan fingerprint density at radius 3 is 2.59 bits per heavy atom. The van der Waals surface area contributed by atoms with Crippen LogP contribution in [0.15, 0.2) is 24.3 Å². The first kappa shape index (κ1) is 15.1. The van der Waals surface area contributed by atoms with E-state index in [4.69, 9.17) is 0 Å². The van der Waals surface area contributed by atoms with Gasteiger partial charge < -0.3 is 4.90 Å². The fourth-order valence-corrected chi connectivity index (χ4v) is 3.65. The standard InChI is InChI=1S/C16H16F3NO2/c17-16(18,19)14(22)20-10-4-3-8-15(20)9-7-11-5-1-2-6-12(11)13(15)21/h1-2,5-6H,3-4,7-10H2. The van der Waals surface area contributed by atoms with Crippen molar-refractivity contribution in [3.63, 3.8) is 0 Å². The summed E-state index contributed by atoms with van der Waals surface area (Å²) in [5, 5.41) is 0. The molecule has 1 aromatic carbocycles. The smallest absolute Gasteiger partial charge is 0.322 e. The van der Waals surface area contributed by atoms with Crippen LogP contribution in [0.1, 0.15) is 41.6 Å². The molecule has 0 bridgehead atoms. The van der Waals surface area contributed by atoms with E-state index in [-0.39, 0.29) is 18.7 Å². The van der Waals surface area contributed by atoms with Crippen LogP contribution >= 0.6 is 0 Å². The van der Waals surface area contributed by atoms with Gasteiger partial charge in [0.15, 0.2) is 5.78 Å². The number of nitrogens with zero attached hydrogens (tertiary/aromatic N) is 1. The summed E-state index contributed by atoms with van der Waals surface area (Å²) in [4.78, 5) is 25.5. The van der Waals surface area contributed by atoms with E-state index in [1.54, 1.807) is 12.1 Å². The number of benzene rings is 1. The summed E-state index contributed by atoms with van der Waals surface area (Å²) in [6.07, 6.45) is -2.69. The van der Waals surface area contributed by atoms with Crippen LogP contribution < -0.4 is 0 Å². The Bertz CT molecular complexity index is 626. The molecular formula is C16H16F3NO2. The molecule has 0 aromatic heterocycles. The van der Waals surface area contributed by atoms with Crippen LogP contribution in [-0.4, -0.2) is 34.9 Å². The van der Waals surface area contributed by atoms with Crippen molar-refractivity contribution in [2.24, 2.45) is 0 Å².